The predicted molar refractivity (Wildman–Crippen MR) is 78.9 cm³/mol. The van der Waals surface area contributed by atoms with Gasteiger partial charge in [-0.3, -0.25) is 10.1 Å². The number of benzene rings is 2. The van der Waals surface area contributed by atoms with Crippen molar-refractivity contribution in [1.29, 1.82) is 0 Å². The zero-order valence-corrected chi connectivity index (χ0v) is 11.6. The lowest BCUT2D eigenvalue weighted by Crippen LogP contribution is -2.08. The Balaban J connectivity index is 1.84. The Morgan fingerprint density at radius 1 is 1.29 bits per heavy atom. The summed E-state index contributed by atoms with van der Waals surface area (Å²) in [5, 5.41) is 14.2. The minimum absolute atomic E-state index is 0.0898. The highest BCUT2D eigenvalue weighted by atomic mass is 19.1. The van der Waals surface area contributed by atoms with Gasteiger partial charge < -0.3 is 5.32 Å². The molecule has 1 aliphatic rings. The van der Waals surface area contributed by atoms with E-state index in [1.807, 2.05) is 13.0 Å². The molecule has 2 aromatic carbocycles. The molecule has 1 aliphatic carbocycles. The zero-order chi connectivity index (χ0) is 15.0. The molecule has 0 amide bonds. The van der Waals surface area contributed by atoms with E-state index in [0.29, 0.717) is 0 Å². The summed E-state index contributed by atoms with van der Waals surface area (Å²) in [6.07, 6.45) is 1.74. The van der Waals surface area contributed by atoms with E-state index in [-0.39, 0.29) is 17.5 Å². The summed E-state index contributed by atoms with van der Waals surface area (Å²) < 4.78 is 13.2. The number of nitro benzene ring substituents is 1. The molecule has 4 nitrogen and oxygen atoms in total. The predicted octanol–water partition coefficient (Wildman–Crippen LogP) is 4.14. The van der Waals surface area contributed by atoms with E-state index >= 15 is 0 Å². The highest BCUT2D eigenvalue weighted by Gasteiger charge is 2.23. The largest absolute Gasteiger partial charge is 0.378 e. The third-order valence-corrected chi connectivity index (χ3v) is 3.93. The van der Waals surface area contributed by atoms with Gasteiger partial charge in [-0.2, -0.15) is 0 Å². The number of hydrogen-bond donors (Lipinski definition) is 1. The number of halogens is 1. The maximum atomic E-state index is 13.2. The molecule has 0 heterocycles. The molecule has 0 fully saturated rings. The number of anilines is 1. The average molecular weight is 286 g/mol. The van der Waals surface area contributed by atoms with E-state index in [0.717, 1.165) is 35.2 Å². The minimum atomic E-state index is -0.398. The molecule has 1 N–H and O–H groups in total. The van der Waals surface area contributed by atoms with Crippen LogP contribution >= 0.6 is 0 Å². The number of rotatable bonds is 3. The van der Waals surface area contributed by atoms with Crippen molar-refractivity contribution in [3.8, 4) is 0 Å². The first-order chi connectivity index (χ1) is 10.0. The molecule has 1 atom stereocenters. The van der Waals surface area contributed by atoms with Crippen LogP contribution < -0.4 is 5.32 Å². The van der Waals surface area contributed by atoms with E-state index in [2.05, 4.69) is 5.32 Å². The third kappa shape index (κ3) is 2.59. The van der Waals surface area contributed by atoms with Crippen molar-refractivity contribution in [2.24, 2.45) is 0 Å². The van der Waals surface area contributed by atoms with Crippen molar-refractivity contribution in [3.63, 3.8) is 0 Å². The van der Waals surface area contributed by atoms with Gasteiger partial charge in [0.05, 0.1) is 11.0 Å². The molecule has 0 aromatic heterocycles. The summed E-state index contributed by atoms with van der Waals surface area (Å²) in [5.41, 5.74) is 3.94. The van der Waals surface area contributed by atoms with Crippen LogP contribution in [0.4, 0.5) is 15.8 Å². The molecule has 0 aliphatic heterocycles. The molecule has 21 heavy (non-hydrogen) atoms. The highest BCUT2D eigenvalue weighted by Crippen LogP contribution is 2.35. The van der Waals surface area contributed by atoms with Gasteiger partial charge >= 0.3 is 0 Å². The summed E-state index contributed by atoms with van der Waals surface area (Å²) in [6, 6.07) is 9.78. The van der Waals surface area contributed by atoms with Crippen molar-refractivity contribution in [1.82, 2.24) is 0 Å². The molecule has 0 spiro atoms. The molecular weight excluding hydrogens is 271 g/mol. The average Bonchev–Trinajstić information content (AvgIpc) is 2.83. The van der Waals surface area contributed by atoms with Crippen molar-refractivity contribution in [3.05, 3.63) is 69.0 Å². The second-order valence-electron chi connectivity index (χ2n) is 5.34. The van der Waals surface area contributed by atoms with Crippen LogP contribution in [0.5, 0.6) is 0 Å². The topological polar surface area (TPSA) is 55.2 Å². The van der Waals surface area contributed by atoms with Crippen LogP contribution in [0.1, 0.15) is 29.2 Å². The second kappa shape index (κ2) is 5.16. The summed E-state index contributed by atoms with van der Waals surface area (Å²) in [5.74, 6) is -0.207. The fourth-order valence-electron chi connectivity index (χ4n) is 2.85. The Hall–Kier alpha value is -2.43. The van der Waals surface area contributed by atoms with Crippen LogP contribution in [0.2, 0.25) is 0 Å². The maximum absolute atomic E-state index is 13.2. The van der Waals surface area contributed by atoms with Gasteiger partial charge in [0.1, 0.15) is 5.82 Å². The lowest BCUT2D eigenvalue weighted by molar-refractivity contribution is -0.384. The first kappa shape index (κ1) is 13.5. The maximum Gasteiger partial charge on any atom is 0.269 e. The van der Waals surface area contributed by atoms with Crippen molar-refractivity contribution >= 4 is 11.4 Å². The van der Waals surface area contributed by atoms with E-state index < -0.39 is 4.92 Å². The standard InChI is InChI=1S/C16H15FN2O2/c1-10-8-13(19(20)21)4-7-15(10)18-16-6-2-11-9-12(17)3-5-14(11)16/h3-5,7-9,16,18H,2,6H2,1H3. The van der Waals surface area contributed by atoms with Crippen molar-refractivity contribution in [2.75, 3.05) is 5.32 Å². The first-order valence-corrected chi connectivity index (χ1v) is 6.84. The van der Waals surface area contributed by atoms with Crippen molar-refractivity contribution in [2.45, 2.75) is 25.8 Å². The summed E-state index contributed by atoms with van der Waals surface area (Å²) >= 11 is 0. The molecule has 0 saturated heterocycles. The van der Waals surface area contributed by atoms with Crippen LogP contribution in [-0.2, 0) is 6.42 Å². The lowest BCUT2D eigenvalue weighted by Gasteiger charge is -2.17. The smallest absolute Gasteiger partial charge is 0.269 e. The monoisotopic (exact) mass is 286 g/mol. The van der Waals surface area contributed by atoms with E-state index in [1.165, 1.54) is 12.1 Å². The third-order valence-electron chi connectivity index (χ3n) is 3.93. The number of nitro groups is 1. The lowest BCUT2D eigenvalue weighted by atomic mass is 10.1. The molecule has 0 radical (unpaired) electrons. The number of hydrogen-bond acceptors (Lipinski definition) is 3. The number of nitrogens with one attached hydrogen (secondary N) is 1. The summed E-state index contributed by atoms with van der Waals surface area (Å²) in [6.45, 7) is 1.84. The SMILES string of the molecule is Cc1cc([N+](=O)[O-])ccc1NC1CCc2cc(F)ccc21. The van der Waals surface area contributed by atoms with E-state index in [4.69, 9.17) is 0 Å². The van der Waals surface area contributed by atoms with Gasteiger partial charge in [-0.15, -0.1) is 0 Å². The van der Waals surface area contributed by atoms with Gasteiger partial charge in [0.2, 0.25) is 0 Å². The van der Waals surface area contributed by atoms with Crippen LogP contribution in [0, 0.1) is 22.9 Å². The van der Waals surface area contributed by atoms with E-state index in [9.17, 15) is 14.5 Å². The fraction of sp³-hybridized carbons (Fsp3) is 0.250. The Morgan fingerprint density at radius 2 is 2.10 bits per heavy atom. The van der Waals surface area contributed by atoms with Gasteiger partial charge in [-0.1, -0.05) is 6.07 Å². The number of fused-ring (bicyclic) bond motifs is 1. The van der Waals surface area contributed by atoms with Gasteiger partial charge in [-0.05, 0) is 54.7 Å². The summed E-state index contributed by atoms with van der Waals surface area (Å²) in [7, 11) is 0. The Labute approximate surface area is 121 Å². The fourth-order valence-corrected chi connectivity index (χ4v) is 2.85. The number of nitrogens with zero attached hydrogens (tertiary/aromatic N) is 1. The molecule has 3 rings (SSSR count). The second-order valence-corrected chi connectivity index (χ2v) is 5.34. The van der Waals surface area contributed by atoms with Crippen LogP contribution in [-0.4, -0.2) is 4.92 Å². The molecule has 5 heteroatoms. The molecule has 0 bridgehead atoms. The van der Waals surface area contributed by atoms with Crippen molar-refractivity contribution < 1.29 is 9.31 Å². The molecule has 0 saturated carbocycles. The number of aryl methyl sites for hydroxylation is 2. The van der Waals surface area contributed by atoms with Crippen LogP contribution in [0.25, 0.3) is 0 Å². The quantitative estimate of drug-likeness (QED) is 0.681. The summed E-state index contributed by atoms with van der Waals surface area (Å²) in [4.78, 5) is 10.4. The van der Waals surface area contributed by atoms with Gasteiger partial charge in [0.15, 0.2) is 0 Å². The molecular formula is C16H15FN2O2. The van der Waals surface area contributed by atoms with Crippen LogP contribution in [0.15, 0.2) is 36.4 Å². The van der Waals surface area contributed by atoms with Gasteiger partial charge in [-0.25, -0.2) is 4.39 Å². The zero-order valence-electron chi connectivity index (χ0n) is 11.6. The normalized spacial score (nSPS) is 16.6. The molecule has 1 unspecified atom stereocenters. The van der Waals surface area contributed by atoms with Crippen LogP contribution in [0.3, 0.4) is 0 Å². The number of non-ortho nitro benzene ring substituents is 1. The molecule has 108 valence electrons. The Kier molecular flexibility index (Phi) is 3.33. The Morgan fingerprint density at radius 3 is 2.81 bits per heavy atom. The van der Waals surface area contributed by atoms with Gasteiger partial charge in [0, 0.05) is 17.8 Å². The van der Waals surface area contributed by atoms with Gasteiger partial charge in [0.25, 0.3) is 5.69 Å². The Bertz CT molecular complexity index is 715. The highest BCUT2D eigenvalue weighted by molar-refractivity contribution is 5.57. The van der Waals surface area contributed by atoms with E-state index in [1.54, 1.807) is 18.2 Å². The first-order valence-electron chi connectivity index (χ1n) is 6.84. The molecule has 2 aromatic rings. The minimum Gasteiger partial charge on any atom is -0.378 e.